The highest BCUT2D eigenvalue weighted by atomic mass is 79.9. The molecule has 0 amide bonds. The highest BCUT2D eigenvalue weighted by Gasteiger charge is 2.20. The van der Waals surface area contributed by atoms with Crippen LogP contribution in [0.1, 0.15) is 12.0 Å². The van der Waals surface area contributed by atoms with E-state index < -0.39 is 0 Å². The Labute approximate surface area is 96.8 Å². The fourth-order valence-electron chi connectivity index (χ4n) is 1.85. The van der Waals surface area contributed by atoms with Gasteiger partial charge in [-0.05, 0) is 40.0 Å². The fourth-order valence-corrected chi connectivity index (χ4v) is 2.10. The van der Waals surface area contributed by atoms with Crippen LogP contribution in [0.5, 0.6) is 0 Å². The maximum absolute atomic E-state index is 13.2. The topological polar surface area (TPSA) is 23.5 Å². The van der Waals surface area contributed by atoms with Gasteiger partial charge in [0, 0.05) is 19.6 Å². The zero-order chi connectivity index (χ0) is 10.8. The van der Waals surface area contributed by atoms with Crippen LogP contribution < -0.4 is 0 Å². The normalized spacial score (nSPS) is 22.2. The van der Waals surface area contributed by atoms with Gasteiger partial charge in [-0.25, -0.2) is 4.39 Å². The molecule has 0 bridgehead atoms. The summed E-state index contributed by atoms with van der Waals surface area (Å²) in [4.78, 5) is 2.13. The molecule has 1 aromatic rings. The van der Waals surface area contributed by atoms with Gasteiger partial charge >= 0.3 is 0 Å². The third kappa shape index (κ3) is 2.77. The van der Waals surface area contributed by atoms with Crippen LogP contribution in [0.25, 0.3) is 0 Å². The number of hydrogen-bond acceptors (Lipinski definition) is 2. The van der Waals surface area contributed by atoms with Crippen molar-refractivity contribution in [2.75, 3.05) is 13.1 Å². The zero-order valence-corrected chi connectivity index (χ0v) is 9.87. The number of β-amino-alcohol motifs (C(OH)–C–C–N with tert-alkyl or cyclic N) is 1. The monoisotopic (exact) mass is 273 g/mol. The highest BCUT2D eigenvalue weighted by molar-refractivity contribution is 9.10. The van der Waals surface area contributed by atoms with E-state index in [1.165, 1.54) is 6.07 Å². The molecule has 0 aromatic heterocycles. The fraction of sp³-hybridized carbons (Fsp3) is 0.455. The maximum atomic E-state index is 13.2. The van der Waals surface area contributed by atoms with Gasteiger partial charge in [0.05, 0.1) is 10.6 Å². The smallest absolute Gasteiger partial charge is 0.137 e. The molecular weight excluding hydrogens is 261 g/mol. The number of hydrogen-bond donors (Lipinski definition) is 1. The summed E-state index contributed by atoms with van der Waals surface area (Å²) in [5.74, 6) is -0.229. The van der Waals surface area contributed by atoms with Crippen molar-refractivity contribution in [1.29, 1.82) is 0 Å². The molecule has 1 aliphatic heterocycles. The molecular formula is C11H13BrFNO. The number of likely N-dealkylation sites (tertiary alicyclic amines) is 1. The van der Waals surface area contributed by atoms with Gasteiger partial charge in [0.15, 0.2) is 0 Å². The first kappa shape index (κ1) is 11.0. The van der Waals surface area contributed by atoms with Gasteiger partial charge in [0.1, 0.15) is 5.82 Å². The average molecular weight is 274 g/mol. The van der Waals surface area contributed by atoms with E-state index in [0.717, 1.165) is 18.5 Å². The summed E-state index contributed by atoms with van der Waals surface area (Å²) in [6.45, 7) is 2.29. The van der Waals surface area contributed by atoms with Crippen LogP contribution in [0.4, 0.5) is 4.39 Å². The summed E-state index contributed by atoms with van der Waals surface area (Å²) in [5.41, 5.74) is 0.949. The number of aliphatic hydroxyl groups is 1. The summed E-state index contributed by atoms with van der Waals surface area (Å²) in [6.07, 6.45) is 0.601. The van der Waals surface area contributed by atoms with Crippen molar-refractivity contribution < 1.29 is 9.50 Å². The molecule has 0 unspecified atom stereocenters. The van der Waals surface area contributed by atoms with Crippen molar-refractivity contribution in [1.82, 2.24) is 4.90 Å². The highest BCUT2D eigenvalue weighted by Crippen LogP contribution is 2.19. The van der Waals surface area contributed by atoms with Gasteiger partial charge in [-0.3, -0.25) is 4.90 Å². The van der Waals surface area contributed by atoms with E-state index in [2.05, 4.69) is 20.8 Å². The molecule has 1 atom stereocenters. The van der Waals surface area contributed by atoms with Crippen molar-refractivity contribution >= 4 is 15.9 Å². The Kier molecular flexibility index (Phi) is 3.38. The molecule has 4 heteroatoms. The van der Waals surface area contributed by atoms with Gasteiger partial charge < -0.3 is 5.11 Å². The van der Waals surface area contributed by atoms with Crippen LogP contribution in [-0.4, -0.2) is 29.2 Å². The lowest BCUT2D eigenvalue weighted by Crippen LogP contribution is -2.21. The third-order valence-electron chi connectivity index (χ3n) is 2.64. The number of rotatable bonds is 2. The number of aliphatic hydroxyl groups excluding tert-OH is 1. The maximum Gasteiger partial charge on any atom is 0.137 e. The zero-order valence-electron chi connectivity index (χ0n) is 8.29. The van der Waals surface area contributed by atoms with Crippen molar-refractivity contribution in [2.45, 2.75) is 19.1 Å². The predicted octanol–water partition coefficient (Wildman–Crippen LogP) is 2.15. The Morgan fingerprint density at radius 1 is 1.53 bits per heavy atom. The van der Waals surface area contributed by atoms with E-state index in [0.29, 0.717) is 17.6 Å². The van der Waals surface area contributed by atoms with Crippen LogP contribution in [0.15, 0.2) is 22.7 Å². The Balaban J connectivity index is 2.02. The van der Waals surface area contributed by atoms with Crippen LogP contribution in [0, 0.1) is 5.82 Å². The quantitative estimate of drug-likeness (QED) is 0.893. The molecule has 1 aliphatic rings. The van der Waals surface area contributed by atoms with E-state index in [-0.39, 0.29) is 11.9 Å². The molecule has 0 radical (unpaired) electrons. The largest absolute Gasteiger partial charge is 0.392 e. The molecule has 1 aromatic carbocycles. The Hall–Kier alpha value is -0.450. The molecule has 15 heavy (non-hydrogen) atoms. The van der Waals surface area contributed by atoms with Crippen LogP contribution in [0.3, 0.4) is 0 Å². The van der Waals surface area contributed by atoms with Crippen LogP contribution >= 0.6 is 15.9 Å². The Morgan fingerprint density at radius 3 is 2.93 bits per heavy atom. The minimum atomic E-state index is -0.229. The second kappa shape index (κ2) is 4.60. The first-order chi connectivity index (χ1) is 7.15. The van der Waals surface area contributed by atoms with Crippen molar-refractivity contribution in [3.8, 4) is 0 Å². The number of nitrogens with zero attached hydrogens (tertiary/aromatic N) is 1. The van der Waals surface area contributed by atoms with Crippen molar-refractivity contribution in [3.05, 3.63) is 34.1 Å². The van der Waals surface area contributed by atoms with E-state index in [9.17, 15) is 9.50 Å². The number of benzene rings is 1. The first-order valence-corrected chi connectivity index (χ1v) is 5.79. The molecule has 2 nitrogen and oxygen atoms in total. The Bertz CT molecular complexity index is 358. The van der Waals surface area contributed by atoms with Gasteiger partial charge in [-0.1, -0.05) is 6.07 Å². The van der Waals surface area contributed by atoms with Crippen molar-refractivity contribution in [3.63, 3.8) is 0 Å². The van der Waals surface area contributed by atoms with E-state index in [1.807, 2.05) is 6.07 Å². The first-order valence-electron chi connectivity index (χ1n) is 4.99. The van der Waals surface area contributed by atoms with Crippen LogP contribution in [-0.2, 0) is 6.54 Å². The standard InChI is InChI=1S/C11H13BrFNO/c12-10-2-1-8(5-11(10)13)6-14-4-3-9(15)7-14/h1-2,5,9,15H,3-4,6-7H2/t9-/m1/s1. The van der Waals surface area contributed by atoms with Gasteiger partial charge in [-0.15, -0.1) is 0 Å². The summed E-state index contributed by atoms with van der Waals surface area (Å²) < 4.78 is 13.7. The summed E-state index contributed by atoms with van der Waals surface area (Å²) in [7, 11) is 0. The van der Waals surface area contributed by atoms with E-state index in [4.69, 9.17) is 0 Å². The molecule has 1 saturated heterocycles. The lowest BCUT2D eigenvalue weighted by molar-refractivity contribution is 0.175. The minimum Gasteiger partial charge on any atom is -0.392 e. The summed E-state index contributed by atoms with van der Waals surface area (Å²) in [6, 6.07) is 5.16. The second-order valence-electron chi connectivity index (χ2n) is 3.93. The minimum absolute atomic E-state index is 0.217. The number of halogens is 2. The van der Waals surface area contributed by atoms with Crippen molar-refractivity contribution in [2.24, 2.45) is 0 Å². The molecule has 2 rings (SSSR count). The Morgan fingerprint density at radius 2 is 2.33 bits per heavy atom. The van der Waals surface area contributed by atoms with E-state index >= 15 is 0 Å². The third-order valence-corrected chi connectivity index (χ3v) is 3.28. The SMILES string of the molecule is O[C@@H]1CCN(Cc2ccc(Br)c(F)c2)C1. The molecule has 82 valence electrons. The van der Waals surface area contributed by atoms with Gasteiger partial charge in [-0.2, -0.15) is 0 Å². The molecule has 1 N–H and O–H groups in total. The lowest BCUT2D eigenvalue weighted by Gasteiger charge is -2.14. The molecule has 0 aliphatic carbocycles. The van der Waals surface area contributed by atoms with Crippen LogP contribution in [0.2, 0.25) is 0 Å². The summed E-state index contributed by atoms with van der Waals surface area (Å²) in [5, 5.41) is 9.35. The van der Waals surface area contributed by atoms with Gasteiger partial charge in [0.2, 0.25) is 0 Å². The average Bonchev–Trinajstić information content (AvgIpc) is 2.58. The molecule has 0 spiro atoms. The van der Waals surface area contributed by atoms with E-state index in [1.54, 1.807) is 6.07 Å². The lowest BCUT2D eigenvalue weighted by atomic mass is 10.2. The predicted molar refractivity (Wildman–Crippen MR) is 60.0 cm³/mol. The second-order valence-corrected chi connectivity index (χ2v) is 4.78. The van der Waals surface area contributed by atoms with Gasteiger partial charge in [0.25, 0.3) is 0 Å². The molecule has 0 saturated carbocycles. The molecule has 1 heterocycles. The molecule has 1 fully saturated rings. The summed E-state index contributed by atoms with van der Waals surface area (Å²) >= 11 is 3.12.